The first-order chi connectivity index (χ1) is 10.2. The van der Waals surface area contributed by atoms with Gasteiger partial charge in [-0.25, -0.2) is 4.39 Å². The van der Waals surface area contributed by atoms with Crippen molar-refractivity contribution in [1.29, 1.82) is 0 Å². The Morgan fingerprint density at radius 2 is 1.90 bits per heavy atom. The molecule has 1 aromatic heterocycles. The normalized spacial score (nSPS) is 15.2. The van der Waals surface area contributed by atoms with Crippen molar-refractivity contribution < 1.29 is 13.9 Å². The highest BCUT2D eigenvalue weighted by Crippen LogP contribution is 2.17. The monoisotopic (exact) mass is 291 g/mol. The van der Waals surface area contributed by atoms with Gasteiger partial charge >= 0.3 is 0 Å². The third kappa shape index (κ3) is 2.57. The number of nitrogen functional groups attached to an aromatic ring is 1. The summed E-state index contributed by atoms with van der Waals surface area (Å²) < 4.78 is 19.4. The van der Waals surface area contributed by atoms with Crippen LogP contribution < -0.4 is 5.73 Å². The first-order valence-electron chi connectivity index (χ1n) is 6.51. The fourth-order valence-electron chi connectivity index (χ4n) is 2.13. The first kappa shape index (κ1) is 13.5. The number of ether oxygens (including phenoxy) is 1. The Hall–Kier alpha value is -2.48. The second kappa shape index (κ2) is 5.49. The van der Waals surface area contributed by atoms with E-state index in [1.165, 1.54) is 28.9 Å². The van der Waals surface area contributed by atoms with E-state index in [0.29, 0.717) is 32.0 Å². The molecule has 0 aliphatic carbocycles. The number of rotatable bonds is 2. The lowest BCUT2D eigenvalue weighted by Gasteiger charge is -2.26. The van der Waals surface area contributed by atoms with E-state index < -0.39 is 0 Å². The molecule has 1 amide bonds. The van der Waals surface area contributed by atoms with Gasteiger partial charge in [0.15, 0.2) is 11.5 Å². The summed E-state index contributed by atoms with van der Waals surface area (Å²) in [6.45, 7) is 2.00. The molecule has 1 fully saturated rings. The first-order valence-corrected chi connectivity index (χ1v) is 6.51. The lowest BCUT2D eigenvalue weighted by molar-refractivity contribution is 0.0299. The standard InChI is InChI=1S/C13H14FN5O2/c14-9-1-3-10(4-2-9)19-12(15)11(16-17-19)13(20)18-5-7-21-8-6-18/h1-4H,5-8,15H2. The van der Waals surface area contributed by atoms with E-state index in [9.17, 15) is 9.18 Å². The highest BCUT2D eigenvalue weighted by molar-refractivity contribution is 5.96. The summed E-state index contributed by atoms with van der Waals surface area (Å²) in [5.74, 6) is -0.496. The highest BCUT2D eigenvalue weighted by atomic mass is 19.1. The van der Waals surface area contributed by atoms with Gasteiger partial charge in [-0.3, -0.25) is 4.79 Å². The van der Waals surface area contributed by atoms with Crippen LogP contribution in [0.15, 0.2) is 24.3 Å². The average Bonchev–Trinajstić information content (AvgIpc) is 2.90. The fourth-order valence-corrected chi connectivity index (χ4v) is 2.13. The topological polar surface area (TPSA) is 86.3 Å². The lowest BCUT2D eigenvalue weighted by Crippen LogP contribution is -2.41. The van der Waals surface area contributed by atoms with Gasteiger partial charge in [0.1, 0.15) is 5.82 Å². The molecular weight excluding hydrogens is 277 g/mol. The van der Waals surface area contributed by atoms with Crippen molar-refractivity contribution in [2.24, 2.45) is 0 Å². The van der Waals surface area contributed by atoms with Gasteiger partial charge in [0.2, 0.25) is 0 Å². The zero-order valence-electron chi connectivity index (χ0n) is 11.2. The molecule has 3 rings (SSSR count). The van der Waals surface area contributed by atoms with Crippen LogP contribution in [0, 0.1) is 5.82 Å². The number of benzene rings is 1. The summed E-state index contributed by atoms with van der Waals surface area (Å²) in [6, 6.07) is 5.62. The number of anilines is 1. The summed E-state index contributed by atoms with van der Waals surface area (Å²) >= 11 is 0. The smallest absolute Gasteiger partial charge is 0.278 e. The van der Waals surface area contributed by atoms with E-state index in [1.807, 2.05) is 0 Å². The van der Waals surface area contributed by atoms with Gasteiger partial charge in [0, 0.05) is 13.1 Å². The van der Waals surface area contributed by atoms with E-state index in [1.54, 1.807) is 4.90 Å². The van der Waals surface area contributed by atoms with Gasteiger partial charge in [0.25, 0.3) is 5.91 Å². The zero-order valence-corrected chi connectivity index (χ0v) is 11.2. The molecule has 1 aliphatic rings. The second-order valence-corrected chi connectivity index (χ2v) is 4.62. The summed E-state index contributed by atoms with van der Waals surface area (Å²) in [6.07, 6.45) is 0. The maximum atomic E-state index is 12.9. The third-order valence-corrected chi connectivity index (χ3v) is 3.28. The SMILES string of the molecule is Nc1c(C(=O)N2CCOCC2)nnn1-c1ccc(F)cc1. The highest BCUT2D eigenvalue weighted by Gasteiger charge is 2.25. The Kier molecular flexibility index (Phi) is 3.53. The van der Waals surface area contributed by atoms with E-state index in [2.05, 4.69) is 10.3 Å². The van der Waals surface area contributed by atoms with Crippen LogP contribution in [0.3, 0.4) is 0 Å². The van der Waals surface area contributed by atoms with Crippen LogP contribution in [0.2, 0.25) is 0 Å². The van der Waals surface area contributed by atoms with Gasteiger partial charge in [-0.15, -0.1) is 5.10 Å². The molecule has 0 saturated carbocycles. The summed E-state index contributed by atoms with van der Waals surface area (Å²) in [4.78, 5) is 14.0. The summed E-state index contributed by atoms with van der Waals surface area (Å²) in [5.41, 5.74) is 6.59. The minimum absolute atomic E-state index is 0.0984. The Balaban J connectivity index is 1.88. The van der Waals surface area contributed by atoms with Gasteiger partial charge < -0.3 is 15.4 Å². The maximum Gasteiger partial charge on any atom is 0.278 e. The number of morpholine rings is 1. The van der Waals surface area contributed by atoms with Crippen LogP contribution >= 0.6 is 0 Å². The van der Waals surface area contributed by atoms with Crippen LogP contribution in [0.5, 0.6) is 0 Å². The zero-order chi connectivity index (χ0) is 14.8. The number of carbonyl (C=O) groups excluding carboxylic acids is 1. The van der Waals surface area contributed by atoms with Crippen molar-refractivity contribution in [3.63, 3.8) is 0 Å². The van der Waals surface area contributed by atoms with Crippen molar-refractivity contribution in [1.82, 2.24) is 19.9 Å². The van der Waals surface area contributed by atoms with Crippen LogP contribution in [0.1, 0.15) is 10.5 Å². The number of nitrogens with zero attached hydrogens (tertiary/aromatic N) is 4. The Morgan fingerprint density at radius 1 is 1.24 bits per heavy atom. The van der Waals surface area contributed by atoms with Gasteiger partial charge in [-0.1, -0.05) is 5.21 Å². The predicted molar refractivity (Wildman–Crippen MR) is 72.5 cm³/mol. The molecule has 0 unspecified atom stereocenters. The molecule has 8 heteroatoms. The van der Waals surface area contributed by atoms with E-state index >= 15 is 0 Å². The maximum absolute atomic E-state index is 12.9. The number of hydrogen-bond acceptors (Lipinski definition) is 5. The van der Waals surface area contributed by atoms with E-state index in [4.69, 9.17) is 10.5 Å². The summed E-state index contributed by atoms with van der Waals surface area (Å²) in [7, 11) is 0. The Labute approximate surface area is 120 Å². The van der Waals surface area contributed by atoms with Crippen molar-refractivity contribution in [2.45, 2.75) is 0 Å². The number of halogens is 1. The molecule has 0 radical (unpaired) electrons. The van der Waals surface area contributed by atoms with Crippen molar-refractivity contribution >= 4 is 11.7 Å². The molecule has 2 N–H and O–H groups in total. The van der Waals surface area contributed by atoms with Crippen LogP contribution in [0.25, 0.3) is 5.69 Å². The van der Waals surface area contributed by atoms with Crippen molar-refractivity contribution in [3.8, 4) is 5.69 Å². The largest absolute Gasteiger partial charge is 0.382 e. The van der Waals surface area contributed by atoms with Gasteiger partial charge in [-0.05, 0) is 24.3 Å². The molecule has 0 atom stereocenters. The number of amides is 1. The molecule has 110 valence electrons. The molecule has 21 heavy (non-hydrogen) atoms. The number of nitrogens with two attached hydrogens (primary N) is 1. The third-order valence-electron chi connectivity index (χ3n) is 3.28. The van der Waals surface area contributed by atoms with Gasteiger partial charge in [-0.2, -0.15) is 4.68 Å². The molecule has 0 bridgehead atoms. The van der Waals surface area contributed by atoms with Crippen LogP contribution in [-0.2, 0) is 4.74 Å². The quantitative estimate of drug-likeness (QED) is 0.868. The molecule has 2 aromatic rings. The molecule has 1 aromatic carbocycles. The average molecular weight is 291 g/mol. The van der Waals surface area contributed by atoms with E-state index in [0.717, 1.165) is 0 Å². The van der Waals surface area contributed by atoms with Crippen molar-refractivity contribution in [2.75, 3.05) is 32.0 Å². The minimum Gasteiger partial charge on any atom is -0.382 e. The lowest BCUT2D eigenvalue weighted by atomic mass is 10.3. The van der Waals surface area contributed by atoms with Crippen LogP contribution in [0.4, 0.5) is 10.2 Å². The molecule has 2 heterocycles. The minimum atomic E-state index is -0.359. The molecule has 7 nitrogen and oxygen atoms in total. The molecule has 1 aliphatic heterocycles. The number of aromatic nitrogens is 3. The molecular formula is C13H14FN5O2. The molecule has 0 spiro atoms. The van der Waals surface area contributed by atoms with Gasteiger partial charge in [0.05, 0.1) is 18.9 Å². The Morgan fingerprint density at radius 3 is 2.57 bits per heavy atom. The van der Waals surface area contributed by atoms with Crippen molar-refractivity contribution in [3.05, 3.63) is 35.8 Å². The fraction of sp³-hybridized carbons (Fsp3) is 0.308. The number of carbonyl (C=O) groups is 1. The predicted octanol–water partition coefficient (Wildman–Crippen LogP) is 0.461. The molecule has 1 saturated heterocycles. The Bertz CT molecular complexity index is 649. The second-order valence-electron chi connectivity index (χ2n) is 4.62. The van der Waals surface area contributed by atoms with E-state index in [-0.39, 0.29) is 23.2 Å². The number of hydrogen-bond donors (Lipinski definition) is 1. The summed E-state index contributed by atoms with van der Waals surface area (Å²) in [5, 5.41) is 7.72. The van der Waals surface area contributed by atoms with Crippen LogP contribution in [-0.4, -0.2) is 52.1 Å².